The fourth-order valence-corrected chi connectivity index (χ4v) is 3.82. The highest BCUT2D eigenvalue weighted by Gasteiger charge is 2.17. The number of nitrogens with zero attached hydrogens (tertiary/aromatic N) is 1. The fourth-order valence-electron chi connectivity index (χ4n) is 1.32. The van der Waals surface area contributed by atoms with Crippen molar-refractivity contribution < 1.29 is 8.42 Å². The van der Waals surface area contributed by atoms with Gasteiger partial charge >= 0.3 is 0 Å². The zero-order valence-corrected chi connectivity index (χ0v) is 13.0. The molecule has 1 aromatic carbocycles. The van der Waals surface area contributed by atoms with Crippen molar-refractivity contribution in [2.45, 2.75) is 11.4 Å². The summed E-state index contributed by atoms with van der Waals surface area (Å²) in [6.45, 7) is 0.168. The van der Waals surface area contributed by atoms with E-state index in [0.29, 0.717) is 14.6 Å². The summed E-state index contributed by atoms with van der Waals surface area (Å²) in [7, 11) is -3.56. The molecule has 1 heterocycles. The topological polar surface area (TPSA) is 74.8 Å². The van der Waals surface area contributed by atoms with Crippen molar-refractivity contribution >= 4 is 41.9 Å². The Morgan fingerprint density at radius 3 is 2.78 bits per heavy atom. The first kappa shape index (κ1) is 13.7. The lowest BCUT2D eigenvalue weighted by molar-refractivity contribution is 0.580. The normalized spacial score (nSPS) is 11.7. The van der Waals surface area contributed by atoms with Crippen molar-refractivity contribution in [3.63, 3.8) is 0 Å². The second kappa shape index (κ2) is 5.52. The van der Waals surface area contributed by atoms with Gasteiger partial charge in [-0.3, -0.25) is 0 Å². The highest BCUT2D eigenvalue weighted by Crippen LogP contribution is 2.25. The van der Waals surface area contributed by atoms with E-state index in [0.717, 1.165) is 0 Å². The Kier molecular flexibility index (Phi) is 4.21. The maximum absolute atomic E-state index is 12.1. The average molecular weight is 395 g/mol. The van der Waals surface area contributed by atoms with Crippen LogP contribution in [-0.4, -0.2) is 18.4 Å². The van der Waals surface area contributed by atoms with E-state index in [2.05, 4.69) is 46.5 Å². The third kappa shape index (κ3) is 3.19. The van der Waals surface area contributed by atoms with Gasteiger partial charge in [0.05, 0.1) is 17.8 Å². The van der Waals surface area contributed by atoms with E-state index < -0.39 is 10.0 Å². The number of nitrogens with one attached hydrogen (secondary N) is 2. The molecule has 5 nitrogen and oxygen atoms in total. The van der Waals surface area contributed by atoms with Crippen molar-refractivity contribution in [3.05, 3.63) is 45.4 Å². The van der Waals surface area contributed by atoms with Crippen molar-refractivity contribution in [2.75, 3.05) is 0 Å². The van der Waals surface area contributed by atoms with E-state index in [4.69, 9.17) is 0 Å². The summed E-state index contributed by atoms with van der Waals surface area (Å²) < 4.78 is 27.9. The van der Waals surface area contributed by atoms with Crippen LogP contribution >= 0.6 is 31.9 Å². The predicted molar refractivity (Wildman–Crippen MR) is 74.5 cm³/mol. The van der Waals surface area contributed by atoms with Gasteiger partial charge in [-0.25, -0.2) is 18.1 Å². The molecule has 2 rings (SSSR count). The zero-order chi connectivity index (χ0) is 13.2. The molecule has 0 aliphatic rings. The molecule has 0 amide bonds. The molecule has 0 spiro atoms. The Labute approximate surface area is 121 Å². The monoisotopic (exact) mass is 393 g/mol. The lowest BCUT2D eigenvalue weighted by Crippen LogP contribution is -2.23. The van der Waals surface area contributed by atoms with Gasteiger partial charge in [0.2, 0.25) is 10.0 Å². The van der Waals surface area contributed by atoms with Crippen LogP contribution in [-0.2, 0) is 16.6 Å². The van der Waals surface area contributed by atoms with E-state index in [1.54, 1.807) is 24.4 Å². The van der Waals surface area contributed by atoms with Crippen molar-refractivity contribution in [1.82, 2.24) is 14.7 Å². The summed E-state index contributed by atoms with van der Waals surface area (Å²) in [6.07, 6.45) is 3.07. The number of aromatic amines is 1. The number of hydrogen-bond donors (Lipinski definition) is 2. The number of halogens is 2. The van der Waals surface area contributed by atoms with Gasteiger partial charge in [-0.1, -0.05) is 15.9 Å². The summed E-state index contributed by atoms with van der Waals surface area (Å²) in [6, 6.07) is 4.98. The molecule has 0 aliphatic heterocycles. The second-order valence-electron chi connectivity index (χ2n) is 3.48. The highest BCUT2D eigenvalue weighted by atomic mass is 79.9. The van der Waals surface area contributed by atoms with E-state index in [1.165, 1.54) is 6.33 Å². The molecule has 8 heteroatoms. The number of benzene rings is 1. The van der Waals surface area contributed by atoms with Gasteiger partial charge < -0.3 is 4.98 Å². The highest BCUT2D eigenvalue weighted by molar-refractivity contribution is 9.11. The summed E-state index contributed by atoms with van der Waals surface area (Å²) in [5.41, 5.74) is 0.699. The number of aromatic nitrogens is 2. The predicted octanol–water partition coefficient (Wildman–Crippen LogP) is 2.41. The molecule has 0 radical (unpaired) electrons. The number of sulfonamides is 1. The summed E-state index contributed by atoms with van der Waals surface area (Å²) in [5, 5.41) is 0. The number of hydrogen-bond acceptors (Lipinski definition) is 3. The molecule has 96 valence electrons. The molecule has 0 atom stereocenters. The maximum atomic E-state index is 12.1. The molecule has 2 N–H and O–H groups in total. The quantitative estimate of drug-likeness (QED) is 0.836. The smallest absolute Gasteiger partial charge is 0.242 e. The molecule has 0 saturated carbocycles. The summed E-state index contributed by atoms with van der Waals surface area (Å²) in [5.74, 6) is 0. The average Bonchev–Trinajstić information content (AvgIpc) is 2.83. The molecule has 0 unspecified atom stereocenters. The van der Waals surface area contributed by atoms with Gasteiger partial charge in [-0.05, 0) is 34.1 Å². The Morgan fingerprint density at radius 2 is 2.11 bits per heavy atom. The van der Waals surface area contributed by atoms with E-state index >= 15 is 0 Å². The molecule has 18 heavy (non-hydrogen) atoms. The van der Waals surface area contributed by atoms with Crippen LogP contribution in [0, 0.1) is 0 Å². The largest absolute Gasteiger partial charge is 0.347 e. The van der Waals surface area contributed by atoms with Crippen molar-refractivity contribution in [2.24, 2.45) is 0 Å². The molecule has 2 aromatic rings. The van der Waals surface area contributed by atoms with Crippen LogP contribution in [0.15, 0.2) is 44.6 Å². The molecule has 0 bridgehead atoms. The van der Waals surface area contributed by atoms with Crippen LogP contribution in [0.1, 0.15) is 5.69 Å². The van der Waals surface area contributed by atoms with Crippen molar-refractivity contribution in [1.29, 1.82) is 0 Å². The summed E-state index contributed by atoms with van der Waals surface area (Å²) in [4.78, 5) is 6.84. The molecular formula is C10H9Br2N3O2S. The standard InChI is InChI=1S/C10H9Br2N3O2S/c11-7-1-2-9(12)10(3-7)18(16,17)15-5-8-4-13-6-14-8/h1-4,6,15H,5H2,(H,13,14). The van der Waals surface area contributed by atoms with E-state index in [1.807, 2.05) is 0 Å². The van der Waals surface area contributed by atoms with Crippen LogP contribution < -0.4 is 4.72 Å². The van der Waals surface area contributed by atoms with Gasteiger partial charge in [-0.15, -0.1) is 0 Å². The van der Waals surface area contributed by atoms with Gasteiger partial charge in [0.25, 0.3) is 0 Å². The lowest BCUT2D eigenvalue weighted by atomic mass is 10.4. The van der Waals surface area contributed by atoms with Gasteiger partial charge in [0.1, 0.15) is 0 Å². The minimum absolute atomic E-state index is 0.168. The Balaban J connectivity index is 2.22. The Hall–Kier alpha value is -0.700. The minimum atomic E-state index is -3.56. The van der Waals surface area contributed by atoms with Crippen LogP contribution in [0.3, 0.4) is 0 Å². The second-order valence-corrected chi connectivity index (χ2v) is 6.98. The maximum Gasteiger partial charge on any atom is 0.242 e. The minimum Gasteiger partial charge on any atom is -0.347 e. The number of rotatable bonds is 4. The Morgan fingerprint density at radius 1 is 1.33 bits per heavy atom. The third-order valence-corrected chi connectivity index (χ3v) is 5.08. The number of imidazole rings is 1. The molecule has 0 aliphatic carbocycles. The van der Waals surface area contributed by atoms with Crippen LogP contribution in [0.5, 0.6) is 0 Å². The SMILES string of the molecule is O=S(=O)(NCc1cnc[nH]1)c1cc(Br)ccc1Br. The van der Waals surface area contributed by atoms with Gasteiger partial charge in [-0.2, -0.15) is 0 Å². The van der Waals surface area contributed by atoms with Crippen LogP contribution in [0.2, 0.25) is 0 Å². The first-order chi connectivity index (χ1) is 8.49. The van der Waals surface area contributed by atoms with E-state index in [-0.39, 0.29) is 11.4 Å². The first-order valence-corrected chi connectivity index (χ1v) is 7.98. The van der Waals surface area contributed by atoms with E-state index in [9.17, 15) is 8.42 Å². The third-order valence-electron chi connectivity index (χ3n) is 2.19. The van der Waals surface area contributed by atoms with Crippen LogP contribution in [0.25, 0.3) is 0 Å². The molecule has 0 fully saturated rings. The first-order valence-electron chi connectivity index (χ1n) is 4.91. The molecular weight excluding hydrogens is 386 g/mol. The molecule has 0 saturated heterocycles. The van der Waals surface area contributed by atoms with Gasteiger partial charge in [0, 0.05) is 20.8 Å². The molecule has 1 aromatic heterocycles. The fraction of sp³-hybridized carbons (Fsp3) is 0.100. The summed E-state index contributed by atoms with van der Waals surface area (Å²) >= 11 is 6.47. The Bertz CT molecular complexity index is 641. The van der Waals surface area contributed by atoms with Crippen molar-refractivity contribution in [3.8, 4) is 0 Å². The zero-order valence-electron chi connectivity index (χ0n) is 9.02. The number of H-pyrrole nitrogens is 1. The lowest BCUT2D eigenvalue weighted by Gasteiger charge is -2.08. The van der Waals surface area contributed by atoms with Crippen LogP contribution in [0.4, 0.5) is 0 Å². The van der Waals surface area contributed by atoms with Gasteiger partial charge in [0.15, 0.2) is 0 Å².